The van der Waals surface area contributed by atoms with Crippen molar-refractivity contribution in [2.45, 2.75) is 19.1 Å². The van der Waals surface area contributed by atoms with Gasteiger partial charge in [-0.25, -0.2) is 8.78 Å². The van der Waals surface area contributed by atoms with Gasteiger partial charge >= 0.3 is 0 Å². The molecular formula is C9H11F2N. The van der Waals surface area contributed by atoms with Crippen LogP contribution in [0.2, 0.25) is 0 Å². The highest BCUT2D eigenvalue weighted by Gasteiger charge is 2.13. The first-order valence-corrected chi connectivity index (χ1v) is 3.76. The van der Waals surface area contributed by atoms with Gasteiger partial charge in [0.1, 0.15) is 12.0 Å². The number of hydrogen-bond acceptors (Lipinski definition) is 1. The first-order chi connectivity index (χ1) is 5.61. The molecular weight excluding hydrogens is 160 g/mol. The van der Waals surface area contributed by atoms with Gasteiger partial charge in [0.15, 0.2) is 0 Å². The molecule has 2 N–H and O–H groups in total. The topological polar surface area (TPSA) is 26.0 Å². The van der Waals surface area contributed by atoms with Crippen LogP contribution < -0.4 is 5.73 Å². The fraction of sp³-hybridized carbons (Fsp3) is 0.333. The number of rotatable bonds is 2. The van der Waals surface area contributed by atoms with E-state index in [0.29, 0.717) is 5.56 Å². The van der Waals surface area contributed by atoms with E-state index in [9.17, 15) is 8.78 Å². The van der Waals surface area contributed by atoms with Crippen LogP contribution in [0.15, 0.2) is 24.3 Å². The molecule has 0 spiro atoms. The van der Waals surface area contributed by atoms with Crippen LogP contribution in [0.4, 0.5) is 8.78 Å². The Morgan fingerprint density at radius 1 is 1.25 bits per heavy atom. The Morgan fingerprint density at radius 3 is 2.17 bits per heavy atom. The maximum absolute atomic E-state index is 13.1. The second-order valence-corrected chi connectivity index (χ2v) is 2.81. The molecule has 1 rings (SSSR count). The molecule has 12 heavy (non-hydrogen) atoms. The summed E-state index contributed by atoms with van der Waals surface area (Å²) in [6.07, 6.45) is -1.22. The van der Waals surface area contributed by atoms with Crippen LogP contribution in [-0.2, 0) is 0 Å². The predicted molar refractivity (Wildman–Crippen MR) is 43.9 cm³/mol. The van der Waals surface area contributed by atoms with Gasteiger partial charge in [-0.3, -0.25) is 0 Å². The van der Waals surface area contributed by atoms with Gasteiger partial charge in [0, 0.05) is 6.04 Å². The minimum absolute atomic E-state index is 0.365. The van der Waals surface area contributed by atoms with Gasteiger partial charge in [0.2, 0.25) is 0 Å². The van der Waals surface area contributed by atoms with E-state index >= 15 is 0 Å². The second-order valence-electron chi connectivity index (χ2n) is 2.81. The highest BCUT2D eigenvalue weighted by atomic mass is 19.1. The minimum atomic E-state index is -1.22. The van der Waals surface area contributed by atoms with Crippen molar-refractivity contribution in [3.63, 3.8) is 0 Å². The molecule has 1 aromatic carbocycles. The van der Waals surface area contributed by atoms with Crippen molar-refractivity contribution in [1.29, 1.82) is 0 Å². The number of alkyl halides is 1. The highest BCUT2D eigenvalue weighted by molar-refractivity contribution is 5.19. The van der Waals surface area contributed by atoms with E-state index in [1.165, 1.54) is 24.3 Å². The van der Waals surface area contributed by atoms with Crippen molar-refractivity contribution in [2.75, 3.05) is 0 Å². The lowest BCUT2D eigenvalue weighted by Gasteiger charge is -2.11. The zero-order chi connectivity index (χ0) is 9.14. The number of halogens is 2. The molecule has 0 aliphatic heterocycles. The van der Waals surface area contributed by atoms with Gasteiger partial charge in [-0.15, -0.1) is 0 Å². The normalized spacial score (nSPS) is 15.7. The third-order valence-electron chi connectivity index (χ3n) is 1.65. The Morgan fingerprint density at radius 2 is 1.75 bits per heavy atom. The van der Waals surface area contributed by atoms with Crippen LogP contribution in [0, 0.1) is 5.82 Å². The van der Waals surface area contributed by atoms with Gasteiger partial charge in [-0.2, -0.15) is 0 Å². The summed E-state index contributed by atoms with van der Waals surface area (Å²) in [7, 11) is 0. The summed E-state index contributed by atoms with van der Waals surface area (Å²) in [4.78, 5) is 0. The quantitative estimate of drug-likeness (QED) is 0.725. The number of nitrogens with two attached hydrogens (primary N) is 1. The summed E-state index contributed by atoms with van der Waals surface area (Å²) in [5.41, 5.74) is 5.76. The van der Waals surface area contributed by atoms with Gasteiger partial charge in [0.05, 0.1) is 0 Å². The van der Waals surface area contributed by atoms with E-state index in [-0.39, 0.29) is 5.82 Å². The number of hydrogen-bond donors (Lipinski definition) is 1. The SMILES string of the molecule is CC(N)C(F)c1ccc(F)cc1. The maximum Gasteiger partial charge on any atom is 0.140 e. The standard InChI is InChI=1S/C9H11F2N/c1-6(12)9(11)7-2-4-8(10)5-3-7/h2-6,9H,12H2,1H3. The molecule has 0 saturated heterocycles. The fourth-order valence-electron chi connectivity index (χ4n) is 0.950. The first kappa shape index (κ1) is 9.13. The summed E-state index contributed by atoms with van der Waals surface area (Å²) in [6.45, 7) is 1.58. The van der Waals surface area contributed by atoms with Gasteiger partial charge in [-0.1, -0.05) is 12.1 Å². The van der Waals surface area contributed by atoms with Gasteiger partial charge in [-0.05, 0) is 24.6 Å². The monoisotopic (exact) mass is 171 g/mol. The molecule has 1 aromatic rings. The molecule has 1 nitrogen and oxygen atoms in total. The molecule has 0 amide bonds. The Kier molecular flexibility index (Phi) is 2.76. The fourth-order valence-corrected chi connectivity index (χ4v) is 0.950. The van der Waals surface area contributed by atoms with Crippen molar-refractivity contribution >= 4 is 0 Å². The molecule has 0 saturated carbocycles. The van der Waals surface area contributed by atoms with Crippen LogP contribution in [0.25, 0.3) is 0 Å². The molecule has 0 aliphatic carbocycles. The van der Waals surface area contributed by atoms with Crippen LogP contribution >= 0.6 is 0 Å². The first-order valence-electron chi connectivity index (χ1n) is 3.76. The lowest BCUT2D eigenvalue weighted by atomic mass is 10.1. The third kappa shape index (κ3) is 2.01. The second kappa shape index (κ2) is 3.63. The molecule has 0 aliphatic rings. The summed E-state index contributed by atoms with van der Waals surface area (Å²) < 4.78 is 25.5. The van der Waals surface area contributed by atoms with E-state index in [4.69, 9.17) is 5.73 Å². The molecule has 0 aromatic heterocycles. The molecule has 2 atom stereocenters. The van der Waals surface area contributed by atoms with Crippen molar-refractivity contribution < 1.29 is 8.78 Å². The Balaban J connectivity index is 2.82. The Bertz CT molecular complexity index is 243. The predicted octanol–water partition coefficient (Wildman–Crippen LogP) is 2.18. The van der Waals surface area contributed by atoms with Crippen LogP contribution in [0.1, 0.15) is 18.7 Å². The number of benzene rings is 1. The molecule has 2 unspecified atom stereocenters. The van der Waals surface area contributed by atoms with Crippen molar-refractivity contribution in [2.24, 2.45) is 5.73 Å². The summed E-state index contributed by atoms with van der Waals surface area (Å²) >= 11 is 0. The molecule has 0 radical (unpaired) electrons. The lowest BCUT2D eigenvalue weighted by molar-refractivity contribution is 0.300. The molecule has 0 bridgehead atoms. The van der Waals surface area contributed by atoms with E-state index < -0.39 is 12.2 Å². The molecule has 0 heterocycles. The average Bonchev–Trinajstić information content (AvgIpc) is 2.04. The molecule has 3 heteroatoms. The third-order valence-corrected chi connectivity index (χ3v) is 1.65. The van der Waals surface area contributed by atoms with Crippen molar-refractivity contribution in [1.82, 2.24) is 0 Å². The Hall–Kier alpha value is -0.960. The smallest absolute Gasteiger partial charge is 0.140 e. The summed E-state index contributed by atoms with van der Waals surface area (Å²) in [6, 6.07) is 4.71. The van der Waals surface area contributed by atoms with E-state index in [2.05, 4.69) is 0 Å². The van der Waals surface area contributed by atoms with E-state index in [0.717, 1.165) is 0 Å². The molecule has 66 valence electrons. The zero-order valence-corrected chi connectivity index (χ0v) is 6.80. The Labute approximate surface area is 70.2 Å². The molecule has 0 fully saturated rings. The van der Waals surface area contributed by atoms with Crippen molar-refractivity contribution in [3.05, 3.63) is 35.6 Å². The average molecular weight is 171 g/mol. The van der Waals surface area contributed by atoms with E-state index in [1.54, 1.807) is 6.92 Å². The maximum atomic E-state index is 13.1. The lowest BCUT2D eigenvalue weighted by Crippen LogP contribution is -2.21. The summed E-state index contributed by atoms with van der Waals surface area (Å²) in [5.74, 6) is -0.365. The van der Waals surface area contributed by atoms with Crippen LogP contribution in [0.5, 0.6) is 0 Å². The van der Waals surface area contributed by atoms with Crippen LogP contribution in [0.3, 0.4) is 0 Å². The summed E-state index contributed by atoms with van der Waals surface area (Å²) in [5, 5.41) is 0. The minimum Gasteiger partial charge on any atom is -0.325 e. The van der Waals surface area contributed by atoms with Gasteiger partial charge < -0.3 is 5.73 Å². The zero-order valence-electron chi connectivity index (χ0n) is 6.80. The van der Waals surface area contributed by atoms with Crippen molar-refractivity contribution in [3.8, 4) is 0 Å². The highest BCUT2D eigenvalue weighted by Crippen LogP contribution is 2.19. The largest absolute Gasteiger partial charge is 0.325 e. The van der Waals surface area contributed by atoms with E-state index in [1.807, 2.05) is 0 Å². The van der Waals surface area contributed by atoms with Crippen LogP contribution in [-0.4, -0.2) is 6.04 Å². The van der Waals surface area contributed by atoms with Gasteiger partial charge in [0.25, 0.3) is 0 Å².